The van der Waals surface area contributed by atoms with Crippen molar-refractivity contribution in [2.24, 2.45) is 0 Å². The molecular weight excluding hydrogens is 244 g/mol. The van der Waals surface area contributed by atoms with Gasteiger partial charge in [-0.25, -0.2) is 0 Å². The third kappa shape index (κ3) is 4.22. The second kappa shape index (κ2) is 7.32. The monoisotopic (exact) mass is 262 g/mol. The lowest BCUT2D eigenvalue weighted by Gasteiger charge is -2.09. The fraction of sp³-hybridized carbons (Fsp3) is 0.400. The smallest absolute Gasteiger partial charge is 0.306 e. The van der Waals surface area contributed by atoms with E-state index in [0.29, 0.717) is 12.2 Å². The normalized spacial score (nSPS) is 9.26. The van der Waals surface area contributed by atoms with E-state index in [1.54, 1.807) is 14.2 Å². The van der Waals surface area contributed by atoms with Crippen LogP contribution in [0.25, 0.3) is 0 Å². The molecule has 1 aromatic rings. The highest BCUT2D eigenvalue weighted by molar-refractivity contribution is 5.69. The molecule has 0 aliphatic rings. The number of carbonyl (C=O) groups excluding carboxylic acids is 1. The number of methoxy groups -OCH3 is 3. The molecule has 4 nitrogen and oxygen atoms in total. The molecule has 0 N–H and O–H groups in total. The van der Waals surface area contributed by atoms with E-state index in [-0.39, 0.29) is 12.4 Å². The molecule has 0 heterocycles. The van der Waals surface area contributed by atoms with Gasteiger partial charge < -0.3 is 14.2 Å². The first kappa shape index (κ1) is 14.9. The zero-order chi connectivity index (χ0) is 14.3. The molecule has 0 atom stereocenters. The van der Waals surface area contributed by atoms with Gasteiger partial charge in [-0.3, -0.25) is 4.79 Å². The molecule has 0 aliphatic carbocycles. The molecule has 0 saturated carbocycles. The largest absolute Gasteiger partial charge is 0.496 e. The van der Waals surface area contributed by atoms with Gasteiger partial charge in [0.25, 0.3) is 0 Å². The Morgan fingerprint density at radius 3 is 2.42 bits per heavy atom. The van der Waals surface area contributed by atoms with Gasteiger partial charge in [0.05, 0.1) is 33.3 Å². The lowest BCUT2D eigenvalue weighted by Crippen LogP contribution is -1.98. The van der Waals surface area contributed by atoms with Crippen LogP contribution in [0.1, 0.15) is 24.0 Å². The minimum Gasteiger partial charge on any atom is -0.496 e. The van der Waals surface area contributed by atoms with Gasteiger partial charge in [-0.15, -0.1) is 0 Å². The van der Waals surface area contributed by atoms with E-state index in [1.807, 2.05) is 19.1 Å². The predicted molar refractivity (Wildman–Crippen MR) is 72.4 cm³/mol. The van der Waals surface area contributed by atoms with Crippen LogP contribution in [0.15, 0.2) is 12.1 Å². The van der Waals surface area contributed by atoms with Crippen molar-refractivity contribution in [1.82, 2.24) is 0 Å². The highest BCUT2D eigenvalue weighted by Gasteiger charge is 2.06. The van der Waals surface area contributed by atoms with Crippen molar-refractivity contribution in [3.05, 3.63) is 23.3 Å². The van der Waals surface area contributed by atoms with Crippen LogP contribution in [-0.4, -0.2) is 27.3 Å². The van der Waals surface area contributed by atoms with Crippen molar-refractivity contribution in [1.29, 1.82) is 0 Å². The summed E-state index contributed by atoms with van der Waals surface area (Å²) in [6, 6.07) is 3.71. The molecule has 0 aromatic heterocycles. The van der Waals surface area contributed by atoms with Crippen LogP contribution in [-0.2, 0) is 9.53 Å². The van der Waals surface area contributed by atoms with Crippen molar-refractivity contribution >= 4 is 5.97 Å². The lowest BCUT2D eigenvalue weighted by molar-refractivity contribution is -0.140. The average Bonchev–Trinajstić information content (AvgIpc) is 2.43. The fourth-order valence-electron chi connectivity index (χ4n) is 1.57. The molecule has 1 rings (SSSR count). The summed E-state index contributed by atoms with van der Waals surface area (Å²) in [6.45, 7) is 1.94. The Morgan fingerprint density at radius 1 is 1.16 bits per heavy atom. The first-order valence-corrected chi connectivity index (χ1v) is 5.90. The van der Waals surface area contributed by atoms with Gasteiger partial charge in [0.1, 0.15) is 11.5 Å². The van der Waals surface area contributed by atoms with E-state index in [4.69, 9.17) is 9.47 Å². The molecule has 0 fully saturated rings. The van der Waals surface area contributed by atoms with E-state index in [1.165, 1.54) is 7.11 Å². The average molecular weight is 262 g/mol. The first-order valence-electron chi connectivity index (χ1n) is 5.90. The van der Waals surface area contributed by atoms with Crippen molar-refractivity contribution in [3.63, 3.8) is 0 Å². The molecule has 0 radical (unpaired) electrons. The van der Waals surface area contributed by atoms with Crippen LogP contribution >= 0.6 is 0 Å². The summed E-state index contributed by atoms with van der Waals surface area (Å²) in [5.74, 6) is 7.11. The van der Waals surface area contributed by atoms with E-state index >= 15 is 0 Å². The van der Waals surface area contributed by atoms with Crippen molar-refractivity contribution in [3.8, 4) is 23.3 Å². The summed E-state index contributed by atoms with van der Waals surface area (Å²) in [7, 11) is 4.58. The molecule has 0 amide bonds. The van der Waals surface area contributed by atoms with Gasteiger partial charge in [0, 0.05) is 6.42 Å². The van der Waals surface area contributed by atoms with Crippen LogP contribution in [0.5, 0.6) is 11.5 Å². The summed E-state index contributed by atoms with van der Waals surface area (Å²) in [5.41, 5.74) is 1.73. The van der Waals surface area contributed by atoms with E-state index in [9.17, 15) is 4.79 Å². The maximum Gasteiger partial charge on any atom is 0.306 e. The second-order valence-electron chi connectivity index (χ2n) is 3.90. The molecule has 19 heavy (non-hydrogen) atoms. The quantitative estimate of drug-likeness (QED) is 0.617. The Morgan fingerprint density at radius 2 is 1.84 bits per heavy atom. The summed E-state index contributed by atoms with van der Waals surface area (Å²) >= 11 is 0. The summed E-state index contributed by atoms with van der Waals surface area (Å²) < 4.78 is 15.1. The van der Waals surface area contributed by atoms with Crippen LogP contribution < -0.4 is 9.47 Å². The standard InChI is InChI=1S/C15H18O4/c1-11-9-14(18-3)12(10-13(11)17-2)7-5-6-8-15(16)19-4/h9-10H,6,8H2,1-4H3. The first-order chi connectivity index (χ1) is 9.12. The fourth-order valence-corrected chi connectivity index (χ4v) is 1.57. The highest BCUT2D eigenvalue weighted by atomic mass is 16.5. The van der Waals surface area contributed by atoms with Crippen LogP contribution in [0.2, 0.25) is 0 Å². The summed E-state index contributed by atoms with van der Waals surface area (Å²) in [6.07, 6.45) is 0.737. The Kier molecular flexibility index (Phi) is 5.74. The molecule has 1 aromatic carbocycles. The van der Waals surface area contributed by atoms with Crippen LogP contribution in [0.4, 0.5) is 0 Å². The summed E-state index contributed by atoms with van der Waals surface area (Å²) in [5, 5.41) is 0. The SMILES string of the molecule is COC(=O)CCC#Cc1cc(OC)c(C)cc1OC. The Bertz CT molecular complexity index is 509. The van der Waals surface area contributed by atoms with E-state index in [0.717, 1.165) is 16.9 Å². The minimum atomic E-state index is -0.261. The highest BCUT2D eigenvalue weighted by Crippen LogP contribution is 2.27. The minimum absolute atomic E-state index is 0.261. The molecule has 0 bridgehead atoms. The van der Waals surface area contributed by atoms with Gasteiger partial charge in [0.15, 0.2) is 0 Å². The maximum absolute atomic E-state index is 11.0. The molecule has 4 heteroatoms. The summed E-state index contributed by atoms with van der Waals surface area (Å²) in [4.78, 5) is 11.0. The van der Waals surface area contributed by atoms with Crippen molar-refractivity contribution in [2.45, 2.75) is 19.8 Å². The number of esters is 1. The second-order valence-corrected chi connectivity index (χ2v) is 3.90. The zero-order valence-corrected chi connectivity index (χ0v) is 11.7. The van der Waals surface area contributed by atoms with E-state index < -0.39 is 0 Å². The Balaban J connectivity index is 2.87. The maximum atomic E-state index is 11.0. The van der Waals surface area contributed by atoms with Gasteiger partial charge in [0.2, 0.25) is 0 Å². The zero-order valence-electron chi connectivity index (χ0n) is 11.7. The molecule has 102 valence electrons. The number of ether oxygens (including phenoxy) is 3. The molecular formula is C15H18O4. The molecule has 0 spiro atoms. The van der Waals surface area contributed by atoms with Gasteiger partial charge in [-0.2, -0.15) is 0 Å². The predicted octanol–water partition coefficient (Wildman–Crippen LogP) is 2.32. The van der Waals surface area contributed by atoms with Crippen LogP contribution in [0.3, 0.4) is 0 Å². The number of benzene rings is 1. The number of aryl methyl sites for hydroxylation is 1. The van der Waals surface area contributed by atoms with E-state index in [2.05, 4.69) is 16.6 Å². The molecule has 0 unspecified atom stereocenters. The molecule has 0 saturated heterocycles. The topological polar surface area (TPSA) is 44.8 Å². The number of hydrogen-bond donors (Lipinski definition) is 0. The van der Waals surface area contributed by atoms with Crippen molar-refractivity contribution < 1.29 is 19.0 Å². The third-order valence-electron chi connectivity index (χ3n) is 2.62. The number of hydrogen-bond acceptors (Lipinski definition) is 4. The number of carbonyl (C=O) groups is 1. The lowest BCUT2D eigenvalue weighted by atomic mass is 10.1. The van der Waals surface area contributed by atoms with Crippen molar-refractivity contribution in [2.75, 3.05) is 21.3 Å². The Labute approximate surface area is 113 Å². The van der Waals surface area contributed by atoms with Gasteiger partial charge >= 0.3 is 5.97 Å². The molecule has 0 aliphatic heterocycles. The van der Waals surface area contributed by atoms with Crippen LogP contribution in [0, 0.1) is 18.8 Å². The Hall–Kier alpha value is -2.15. The third-order valence-corrected chi connectivity index (χ3v) is 2.62. The van der Waals surface area contributed by atoms with Gasteiger partial charge in [-0.1, -0.05) is 11.8 Å². The number of rotatable bonds is 4. The van der Waals surface area contributed by atoms with Gasteiger partial charge in [-0.05, 0) is 24.6 Å².